The third-order valence-electron chi connectivity index (χ3n) is 3.03. The molecule has 0 aromatic carbocycles. The summed E-state index contributed by atoms with van der Waals surface area (Å²) in [6.07, 6.45) is 2.37. The van der Waals surface area contributed by atoms with Gasteiger partial charge >= 0.3 is 0 Å². The molecule has 0 fully saturated rings. The van der Waals surface area contributed by atoms with Gasteiger partial charge in [-0.2, -0.15) is 0 Å². The Morgan fingerprint density at radius 2 is 1.91 bits per heavy atom. The molecule has 0 bridgehead atoms. The fourth-order valence-corrected chi connectivity index (χ4v) is 2.02. The average molecular weight is 306 g/mol. The van der Waals surface area contributed by atoms with E-state index in [2.05, 4.69) is 15.3 Å². The van der Waals surface area contributed by atoms with Crippen LogP contribution in [0.5, 0.6) is 5.88 Å². The van der Waals surface area contributed by atoms with E-state index in [0.717, 1.165) is 12.1 Å². The van der Waals surface area contributed by atoms with Crippen molar-refractivity contribution in [1.29, 1.82) is 0 Å². The van der Waals surface area contributed by atoms with E-state index in [1.165, 1.54) is 0 Å². The summed E-state index contributed by atoms with van der Waals surface area (Å²) in [5, 5.41) is 8.26. The monoisotopic (exact) mass is 306 g/mol. The first-order chi connectivity index (χ1) is 10.8. The van der Waals surface area contributed by atoms with Gasteiger partial charge < -0.3 is 14.2 Å². The molecule has 0 unspecified atom stereocenters. The van der Waals surface area contributed by atoms with Crippen LogP contribution in [0.2, 0.25) is 0 Å². The lowest BCUT2D eigenvalue weighted by atomic mass is 10.3. The van der Waals surface area contributed by atoms with E-state index < -0.39 is 0 Å². The van der Waals surface area contributed by atoms with Gasteiger partial charge in [-0.25, -0.2) is 4.98 Å². The van der Waals surface area contributed by atoms with Crippen molar-refractivity contribution in [3.63, 3.8) is 0 Å². The predicted octanol–water partition coefficient (Wildman–Crippen LogP) is 2.14. The second kappa shape index (κ2) is 8.45. The van der Waals surface area contributed by atoms with Gasteiger partial charge in [0.15, 0.2) is 6.29 Å². The number of aromatic nitrogens is 4. The zero-order valence-electron chi connectivity index (χ0n) is 13.2. The zero-order valence-corrected chi connectivity index (χ0v) is 13.2. The second-order valence-corrected chi connectivity index (χ2v) is 4.56. The molecule has 0 atom stereocenters. The number of ether oxygens (including phenoxy) is 3. The third kappa shape index (κ3) is 4.51. The number of hydrogen-bond acceptors (Lipinski definition) is 6. The van der Waals surface area contributed by atoms with Crippen LogP contribution < -0.4 is 4.74 Å². The minimum absolute atomic E-state index is 0.211. The van der Waals surface area contributed by atoms with Gasteiger partial charge in [0.2, 0.25) is 5.88 Å². The van der Waals surface area contributed by atoms with Crippen molar-refractivity contribution in [2.24, 2.45) is 0 Å². The first kappa shape index (κ1) is 16.4. The lowest BCUT2D eigenvalue weighted by molar-refractivity contribution is -0.141. The molecule has 0 aliphatic heterocycles. The van der Waals surface area contributed by atoms with Crippen LogP contribution in [0.1, 0.15) is 20.3 Å². The summed E-state index contributed by atoms with van der Waals surface area (Å²) in [6.45, 7) is 5.83. The summed E-state index contributed by atoms with van der Waals surface area (Å²) in [4.78, 5) is 4.34. The van der Waals surface area contributed by atoms with Gasteiger partial charge in [-0.1, -0.05) is 11.3 Å². The predicted molar refractivity (Wildman–Crippen MR) is 81.5 cm³/mol. The molecule has 7 heteroatoms. The Morgan fingerprint density at radius 3 is 2.59 bits per heavy atom. The first-order valence-corrected chi connectivity index (χ1v) is 7.41. The van der Waals surface area contributed by atoms with Crippen LogP contribution in [0.4, 0.5) is 0 Å². The van der Waals surface area contributed by atoms with E-state index in [0.29, 0.717) is 31.3 Å². The average Bonchev–Trinajstić information content (AvgIpc) is 3.02. The number of hydrogen-bond donors (Lipinski definition) is 0. The second-order valence-electron chi connectivity index (χ2n) is 4.56. The van der Waals surface area contributed by atoms with Crippen LogP contribution >= 0.6 is 0 Å². The highest BCUT2D eigenvalue weighted by atomic mass is 16.7. The van der Waals surface area contributed by atoms with Crippen molar-refractivity contribution in [3.05, 3.63) is 24.4 Å². The number of methoxy groups -OCH3 is 1. The van der Waals surface area contributed by atoms with E-state index in [1.807, 2.05) is 32.2 Å². The summed E-state index contributed by atoms with van der Waals surface area (Å²) in [5.41, 5.74) is 1.44. The topological polar surface area (TPSA) is 71.3 Å². The third-order valence-corrected chi connectivity index (χ3v) is 3.03. The first-order valence-electron chi connectivity index (χ1n) is 7.41. The van der Waals surface area contributed by atoms with Crippen molar-refractivity contribution in [2.45, 2.75) is 33.1 Å². The van der Waals surface area contributed by atoms with Crippen molar-refractivity contribution >= 4 is 0 Å². The van der Waals surface area contributed by atoms with Gasteiger partial charge in [-0.15, -0.1) is 5.10 Å². The van der Waals surface area contributed by atoms with Crippen molar-refractivity contribution in [1.82, 2.24) is 20.0 Å². The molecule has 120 valence electrons. The van der Waals surface area contributed by atoms with E-state index in [9.17, 15) is 0 Å². The SMILES string of the molecule is CCOC(CCn1cc(-c2cccc(OC)n2)nn1)OCC. The van der Waals surface area contributed by atoms with E-state index in [-0.39, 0.29) is 6.29 Å². The fourth-order valence-electron chi connectivity index (χ4n) is 2.02. The van der Waals surface area contributed by atoms with E-state index >= 15 is 0 Å². The smallest absolute Gasteiger partial charge is 0.213 e. The van der Waals surface area contributed by atoms with Crippen LogP contribution in [0.3, 0.4) is 0 Å². The van der Waals surface area contributed by atoms with E-state index in [1.54, 1.807) is 17.9 Å². The molecular weight excluding hydrogens is 284 g/mol. The van der Waals surface area contributed by atoms with Crippen molar-refractivity contribution in [2.75, 3.05) is 20.3 Å². The minimum atomic E-state index is -0.211. The minimum Gasteiger partial charge on any atom is -0.481 e. The molecule has 2 heterocycles. The largest absolute Gasteiger partial charge is 0.481 e. The van der Waals surface area contributed by atoms with Gasteiger partial charge in [0, 0.05) is 32.2 Å². The number of rotatable bonds is 9. The molecule has 0 saturated carbocycles. The maximum atomic E-state index is 5.51. The van der Waals surface area contributed by atoms with Gasteiger partial charge in [0.1, 0.15) is 5.69 Å². The highest BCUT2D eigenvalue weighted by Crippen LogP contribution is 2.17. The number of pyridine rings is 1. The molecule has 2 rings (SSSR count). The molecule has 0 radical (unpaired) electrons. The molecule has 2 aromatic rings. The van der Waals surface area contributed by atoms with Gasteiger partial charge in [0.25, 0.3) is 0 Å². The summed E-state index contributed by atoms with van der Waals surface area (Å²) in [7, 11) is 1.59. The molecular formula is C15H22N4O3. The molecule has 0 aliphatic carbocycles. The Hall–Kier alpha value is -1.99. The molecule has 0 spiro atoms. The summed E-state index contributed by atoms with van der Waals surface area (Å²) < 4.78 is 17.9. The normalized spacial score (nSPS) is 11.1. The maximum absolute atomic E-state index is 5.51. The van der Waals surface area contributed by atoms with Crippen molar-refractivity contribution < 1.29 is 14.2 Å². The molecule has 0 saturated heterocycles. The molecule has 0 N–H and O–H groups in total. The van der Waals surface area contributed by atoms with Gasteiger partial charge in [-0.05, 0) is 19.9 Å². The lowest BCUT2D eigenvalue weighted by Crippen LogP contribution is -2.19. The summed E-state index contributed by atoms with van der Waals surface area (Å²) in [6, 6.07) is 5.54. The van der Waals surface area contributed by atoms with Crippen molar-refractivity contribution in [3.8, 4) is 17.3 Å². The van der Waals surface area contributed by atoms with Crippen LogP contribution in [0, 0.1) is 0 Å². The Morgan fingerprint density at radius 1 is 1.14 bits per heavy atom. The number of aryl methyl sites for hydroxylation is 1. The Kier molecular flexibility index (Phi) is 6.29. The van der Waals surface area contributed by atoms with Gasteiger partial charge in [-0.3, -0.25) is 4.68 Å². The lowest BCUT2D eigenvalue weighted by Gasteiger charge is -2.16. The highest BCUT2D eigenvalue weighted by molar-refractivity contribution is 5.52. The highest BCUT2D eigenvalue weighted by Gasteiger charge is 2.10. The summed E-state index contributed by atoms with van der Waals surface area (Å²) >= 11 is 0. The van der Waals surface area contributed by atoms with Crippen LogP contribution in [-0.2, 0) is 16.0 Å². The molecule has 7 nitrogen and oxygen atoms in total. The summed E-state index contributed by atoms with van der Waals surface area (Å²) in [5.74, 6) is 0.555. The molecule has 2 aromatic heterocycles. The van der Waals surface area contributed by atoms with Crippen LogP contribution in [-0.4, -0.2) is 46.6 Å². The Balaban J connectivity index is 1.98. The van der Waals surface area contributed by atoms with Crippen LogP contribution in [0.25, 0.3) is 11.4 Å². The molecule has 22 heavy (non-hydrogen) atoms. The Labute approximate surface area is 130 Å². The number of nitrogens with zero attached hydrogens (tertiary/aromatic N) is 4. The van der Waals surface area contributed by atoms with E-state index in [4.69, 9.17) is 14.2 Å². The quantitative estimate of drug-likeness (QED) is 0.661. The molecule has 0 aliphatic rings. The maximum Gasteiger partial charge on any atom is 0.213 e. The van der Waals surface area contributed by atoms with Crippen LogP contribution in [0.15, 0.2) is 24.4 Å². The Bertz CT molecular complexity index is 567. The van der Waals surface area contributed by atoms with Gasteiger partial charge in [0.05, 0.1) is 19.0 Å². The fraction of sp³-hybridized carbons (Fsp3) is 0.533. The zero-order chi connectivity index (χ0) is 15.8. The molecule has 0 amide bonds. The standard InChI is InChI=1S/C15H22N4O3/c1-4-21-15(22-5-2)9-10-19-11-13(17-18-19)12-7-6-8-14(16-12)20-3/h6-8,11,15H,4-5,9-10H2,1-3H3.